The first kappa shape index (κ1) is 15.8. The number of carbonyl (C=O) groups excluding carboxylic acids is 1. The largest absolute Gasteiger partial charge is 0.481 e. The maximum atomic E-state index is 12.0. The zero-order valence-electron chi connectivity index (χ0n) is 12.4. The van der Waals surface area contributed by atoms with E-state index >= 15 is 0 Å². The van der Waals surface area contributed by atoms with E-state index in [1.54, 1.807) is 4.90 Å². The van der Waals surface area contributed by atoms with Crippen LogP contribution in [0.25, 0.3) is 0 Å². The number of nitrogens with zero attached hydrogens (tertiary/aromatic N) is 1. The summed E-state index contributed by atoms with van der Waals surface area (Å²) in [4.78, 5) is 24.7. The average Bonchev–Trinajstić information content (AvgIpc) is 2.77. The van der Waals surface area contributed by atoms with E-state index < -0.39 is 11.9 Å². The van der Waals surface area contributed by atoms with Crippen LogP contribution < -0.4 is 5.32 Å². The average molecular weight is 270 g/mol. The molecule has 1 rings (SSSR count). The Morgan fingerprint density at radius 3 is 2.47 bits per heavy atom. The van der Waals surface area contributed by atoms with Gasteiger partial charge in [0.05, 0.1) is 5.92 Å². The molecule has 2 N–H and O–H groups in total. The fourth-order valence-electron chi connectivity index (χ4n) is 2.38. The van der Waals surface area contributed by atoms with Crippen LogP contribution in [-0.4, -0.2) is 41.6 Å². The van der Waals surface area contributed by atoms with Crippen molar-refractivity contribution >= 4 is 12.0 Å². The molecular weight excluding hydrogens is 244 g/mol. The van der Waals surface area contributed by atoms with Crippen molar-refractivity contribution in [2.75, 3.05) is 19.6 Å². The Bertz CT molecular complexity index is 336. The normalized spacial score (nSPS) is 21.3. The minimum Gasteiger partial charge on any atom is -0.481 e. The second-order valence-electron chi connectivity index (χ2n) is 6.43. The van der Waals surface area contributed by atoms with Gasteiger partial charge in [-0.15, -0.1) is 0 Å². The van der Waals surface area contributed by atoms with E-state index in [4.69, 9.17) is 5.11 Å². The van der Waals surface area contributed by atoms with Crippen LogP contribution in [0, 0.1) is 17.3 Å². The number of nitrogens with one attached hydrogen (secondary N) is 1. The number of carbonyl (C=O) groups is 2. The van der Waals surface area contributed by atoms with Crippen LogP contribution in [-0.2, 0) is 4.79 Å². The third kappa shape index (κ3) is 4.40. The Kier molecular flexibility index (Phi) is 5.20. The van der Waals surface area contributed by atoms with Gasteiger partial charge in [-0.3, -0.25) is 4.79 Å². The highest BCUT2D eigenvalue weighted by Gasteiger charge is 2.33. The van der Waals surface area contributed by atoms with Crippen molar-refractivity contribution in [2.45, 2.75) is 40.5 Å². The van der Waals surface area contributed by atoms with Gasteiger partial charge in [0.1, 0.15) is 0 Å². The van der Waals surface area contributed by atoms with Gasteiger partial charge in [-0.1, -0.05) is 27.7 Å². The molecule has 1 aliphatic heterocycles. The molecule has 0 spiro atoms. The molecular formula is C14H26N2O3. The van der Waals surface area contributed by atoms with E-state index in [0.29, 0.717) is 12.3 Å². The van der Waals surface area contributed by atoms with E-state index in [1.807, 2.05) is 6.92 Å². The van der Waals surface area contributed by atoms with Crippen LogP contribution in [0.3, 0.4) is 0 Å². The second-order valence-corrected chi connectivity index (χ2v) is 6.43. The van der Waals surface area contributed by atoms with Gasteiger partial charge in [0.2, 0.25) is 0 Å². The van der Waals surface area contributed by atoms with Crippen molar-refractivity contribution in [3.8, 4) is 0 Å². The predicted octanol–water partition coefficient (Wildman–Crippen LogP) is 2.17. The summed E-state index contributed by atoms with van der Waals surface area (Å²) in [5, 5.41) is 11.7. The number of rotatable bonds is 4. The summed E-state index contributed by atoms with van der Waals surface area (Å²) < 4.78 is 0. The van der Waals surface area contributed by atoms with E-state index in [0.717, 1.165) is 19.5 Å². The maximum Gasteiger partial charge on any atom is 0.317 e. The van der Waals surface area contributed by atoms with Gasteiger partial charge in [-0.25, -0.2) is 4.79 Å². The topological polar surface area (TPSA) is 69.6 Å². The second kappa shape index (κ2) is 6.26. The molecule has 1 fully saturated rings. The Morgan fingerprint density at radius 2 is 2.05 bits per heavy atom. The molecule has 0 bridgehead atoms. The van der Waals surface area contributed by atoms with Crippen LogP contribution in [0.2, 0.25) is 0 Å². The van der Waals surface area contributed by atoms with Crippen molar-refractivity contribution in [1.29, 1.82) is 0 Å². The van der Waals surface area contributed by atoms with Gasteiger partial charge < -0.3 is 15.3 Å². The lowest BCUT2D eigenvalue weighted by atomic mass is 9.80. The number of urea groups is 1. The van der Waals surface area contributed by atoms with Gasteiger partial charge in [0.15, 0.2) is 0 Å². The fraction of sp³-hybridized carbons (Fsp3) is 0.857. The summed E-state index contributed by atoms with van der Waals surface area (Å²) in [6.45, 7) is 10.1. The smallest absolute Gasteiger partial charge is 0.317 e. The third-order valence-electron chi connectivity index (χ3n) is 4.04. The van der Waals surface area contributed by atoms with Gasteiger partial charge >= 0.3 is 12.0 Å². The first-order valence-electron chi connectivity index (χ1n) is 7.01. The summed E-state index contributed by atoms with van der Waals surface area (Å²) >= 11 is 0. The summed E-state index contributed by atoms with van der Waals surface area (Å²) in [7, 11) is 0. The number of hydrogen-bond donors (Lipinski definition) is 2. The Morgan fingerprint density at radius 1 is 1.42 bits per heavy atom. The molecule has 2 unspecified atom stereocenters. The lowest BCUT2D eigenvalue weighted by Gasteiger charge is -2.27. The van der Waals surface area contributed by atoms with E-state index in [-0.39, 0.29) is 18.0 Å². The third-order valence-corrected chi connectivity index (χ3v) is 4.04. The Hall–Kier alpha value is -1.26. The Balaban J connectivity index is 2.42. The van der Waals surface area contributed by atoms with Gasteiger partial charge in [-0.05, 0) is 24.2 Å². The van der Waals surface area contributed by atoms with Crippen LogP contribution in [0.1, 0.15) is 40.5 Å². The molecule has 2 atom stereocenters. The number of hydrogen-bond acceptors (Lipinski definition) is 2. The van der Waals surface area contributed by atoms with Crippen LogP contribution in [0.4, 0.5) is 4.79 Å². The zero-order valence-corrected chi connectivity index (χ0v) is 12.4. The van der Waals surface area contributed by atoms with Crippen molar-refractivity contribution in [3.63, 3.8) is 0 Å². The number of amides is 2. The number of carboxylic acids is 1. The van der Waals surface area contributed by atoms with Gasteiger partial charge in [0.25, 0.3) is 0 Å². The summed E-state index contributed by atoms with van der Waals surface area (Å²) in [6.07, 6.45) is 1.55. The highest BCUT2D eigenvalue weighted by molar-refractivity contribution is 5.76. The SMILES string of the molecule is CCC(CNC(=O)N1CCC(C(C)(C)C)C1)C(=O)O. The van der Waals surface area contributed by atoms with Crippen molar-refractivity contribution in [2.24, 2.45) is 17.3 Å². The Labute approximate surface area is 115 Å². The molecule has 0 radical (unpaired) electrons. The molecule has 1 aliphatic rings. The maximum absolute atomic E-state index is 12.0. The fourth-order valence-corrected chi connectivity index (χ4v) is 2.38. The summed E-state index contributed by atoms with van der Waals surface area (Å²) in [5.41, 5.74) is 0.210. The molecule has 0 aromatic rings. The molecule has 0 saturated carbocycles. The molecule has 19 heavy (non-hydrogen) atoms. The lowest BCUT2D eigenvalue weighted by Crippen LogP contribution is -2.42. The van der Waals surface area contributed by atoms with Gasteiger partial charge in [-0.2, -0.15) is 0 Å². The molecule has 1 heterocycles. The summed E-state index contributed by atoms with van der Waals surface area (Å²) in [6, 6.07) is -0.133. The molecule has 0 aromatic heterocycles. The van der Waals surface area contributed by atoms with Crippen molar-refractivity contribution < 1.29 is 14.7 Å². The molecule has 2 amide bonds. The standard InChI is InChI=1S/C14H26N2O3/c1-5-10(12(17)18)8-15-13(19)16-7-6-11(9-16)14(2,3)4/h10-11H,5-9H2,1-4H3,(H,15,19)(H,17,18). The highest BCUT2D eigenvalue weighted by atomic mass is 16.4. The molecule has 5 heteroatoms. The minimum absolute atomic E-state index is 0.133. The number of carboxylic acid groups (broad SMARTS) is 1. The van der Waals surface area contributed by atoms with E-state index in [1.165, 1.54) is 0 Å². The highest BCUT2D eigenvalue weighted by Crippen LogP contribution is 2.33. The molecule has 1 saturated heterocycles. The summed E-state index contributed by atoms with van der Waals surface area (Å²) in [5.74, 6) is -0.832. The van der Waals surface area contributed by atoms with Crippen LogP contribution in [0.5, 0.6) is 0 Å². The quantitative estimate of drug-likeness (QED) is 0.822. The van der Waals surface area contributed by atoms with E-state index in [2.05, 4.69) is 26.1 Å². The first-order valence-corrected chi connectivity index (χ1v) is 7.01. The number of aliphatic carboxylic acids is 1. The molecule has 0 aromatic carbocycles. The zero-order chi connectivity index (χ0) is 14.6. The molecule has 110 valence electrons. The van der Waals surface area contributed by atoms with E-state index in [9.17, 15) is 9.59 Å². The van der Waals surface area contributed by atoms with Crippen LogP contribution in [0.15, 0.2) is 0 Å². The molecule has 5 nitrogen and oxygen atoms in total. The first-order chi connectivity index (χ1) is 8.75. The van der Waals surface area contributed by atoms with Crippen molar-refractivity contribution in [1.82, 2.24) is 10.2 Å². The van der Waals surface area contributed by atoms with Gasteiger partial charge in [0, 0.05) is 19.6 Å². The predicted molar refractivity (Wildman–Crippen MR) is 74.0 cm³/mol. The van der Waals surface area contributed by atoms with Crippen LogP contribution >= 0.6 is 0 Å². The molecule has 0 aliphatic carbocycles. The minimum atomic E-state index is -0.850. The monoisotopic (exact) mass is 270 g/mol. The number of likely N-dealkylation sites (tertiary alicyclic amines) is 1. The lowest BCUT2D eigenvalue weighted by molar-refractivity contribution is -0.141. The van der Waals surface area contributed by atoms with Crippen molar-refractivity contribution in [3.05, 3.63) is 0 Å².